The van der Waals surface area contributed by atoms with Gasteiger partial charge in [0.05, 0.1) is 6.04 Å². The Kier molecular flexibility index (Phi) is 2.39. The first-order chi connectivity index (χ1) is 9.83. The van der Waals surface area contributed by atoms with Gasteiger partial charge in [0.15, 0.2) is 0 Å². The molecular formula is C17H14N2O. The molecule has 2 N–H and O–H groups in total. The fourth-order valence-corrected chi connectivity index (χ4v) is 3.10. The van der Waals surface area contributed by atoms with Crippen LogP contribution in [0.2, 0.25) is 0 Å². The fourth-order valence-electron chi connectivity index (χ4n) is 3.10. The standard InChI is InChI=1S/C17H14N2O/c20-17-18-14-10-12-8-4-5-9-13(12)15(14)16(19-17)11-6-2-1-3-7-11/h1-9,16H,10H2,(H2,18,19,20). The van der Waals surface area contributed by atoms with Gasteiger partial charge in [0.25, 0.3) is 0 Å². The maximum Gasteiger partial charge on any atom is 0.319 e. The van der Waals surface area contributed by atoms with Gasteiger partial charge in [-0.15, -0.1) is 0 Å². The second-order valence-electron chi connectivity index (χ2n) is 5.17. The first kappa shape index (κ1) is 11.3. The number of carbonyl (C=O) groups is 1. The Morgan fingerprint density at radius 3 is 2.55 bits per heavy atom. The van der Waals surface area contributed by atoms with Crippen molar-refractivity contribution in [3.8, 4) is 0 Å². The molecule has 1 aliphatic heterocycles. The van der Waals surface area contributed by atoms with E-state index in [9.17, 15) is 4.79 Å². The van der Waals surface area contributed by atoms with E-state index < -0.39 is 0 Å². The highest BCUT2D eigenvalue weighted by Gasteiger charge is 2.33. The normalized spacial score (nSPS) is 20.0. The number of benzene rings is 2. The molecule has 1 heterocycles. The van der Waals surface area contributed by atoms with E-state index in [1.807, 2.05) is 30.3 Å². The third-order valence-electron chi connectivity index (χ3n) is 3.96. The summed E-state index contributed by atoms with van der Waals surface area (Å²) in [6.45, 7) is 0. The van der Waals surface area contributed by atoms with E-state index in [4.69, 9.17) is 0 Å². The molecule has 3 nitrogen and oxygen atoms in total. The van der Waals surface area contributed by atoms with Crippen LogP contribution in [0.4, 0.5) is 4.79 Å². The molecule has 0 fully saturated rings. The molecule has 20 heavy (non-hydrogen) atoms. The van der Waals surface area contributed by atoms with Crippen LogP contribution >= 0.6 is 0 Å². The number of amides is 2. The predicted octanol–water partition coefficient (Wildman–Crippen LogP) is 3.01. The zero-order valence-electron chi connectivity index (χ0n) is 10.9. The number of fused-ring (bicyclic) bond motifs is 2. The molecule has 1 atom stereocenters. The average molecular weight is 262 g/mol. The van der Waals surface area contributed by atoms with Crippen molar-refractivity contribution in [3.63, 3.8) is 0 Å². The summed E-state index contributed by atoms with van der Waals surface area (Å²) in [5.41, 5.74) is 5.87. The number of allylic oxidation sites excluding steroid dienone is 1. The average Bonchev–Trinajstić information content (AvgIpc) is 2.85. The third-order valence-corrected chi connectivity index (χ3v) is 3.96. The Morgan fingerprint density at radius 2 is 1.70 bits per heavy atom. The lowest BCUT2D eigenvalue weighted by molar-refractivity contribution is 0.240. The van der Waals surface area contributed by atoms with Crippen LogP contribution in [0.15, 0.2) is 60.3 Å². The van der Waals surface area contributed by atoms with E-state index in [1.165, 1.54) is 16.7 Å². The molecule has 0 bridgehead atoms. The highest BCUT2D eigenvalue weighted by atomic mass is 16.2. The van der Waals surface area contributed by atoms with Crippen LogP contribution in [-0.4, -0.2) is 6.03 Å². The van der Waals surface area contributed by atoms with Gasteiger partial charge in [0.2, 0.25) is 0 Å². The number of rotatable bonds is 1. The molecule has 0 saturated carbocycles. The zero-order chi connectivity index (χ0) is 13.5. The van der Waals surface area contributed by atoms with Gasteiger partial charge < -0.3 is 10.6 Å². The number of hydrogen-bond donors (Lipinski definition) is 2. The van der Waals surface area contributed by atoms with Gasteiger partial charge in [-0.1, -0.05) is 54.6 Å². The Balaban J connectivity index is 1.87. The molecule has 0 spiro atoms. The molecule has 98 valence electrons. The van der Waals surface area contributed by atoms with Gasteiger partial charge in [0, 0.05) is 17.7 Å². The molecule has 2 aromatic rings. The van der Waals surface area contributed by atoms with Gasteiger partial charge in [-0.25, -0.2) is 4.79 Å². The van der Waals surface area contributed by atoms with Crippen molar-refractivity contribution in [2.45, 2.75) is 12.5 Å². The zero-order valence-corrected chi connectivity index (χ0v) is 10.9. The van der Waals surface area contributed by atoms with Crippen LogP contribution in [-0.2, 0) is 6.42 Å². The van der Waals surface area contributed by atoms with Crippen molar-refractivity contribution in [1.29, 1.82) is 0 Å². The van der Waals surface area contributed by atoms with E-state index in [1.54, 1.807) is 0 Å². The van der Waals surface area contributed by atoms with Crippen LogP contribution in [0.5, 0.6) is 0 Å². The van der Waals surface area contributed by atoms with E-state index in [-0.39, 0.29) is 12.1 Å². The molecule has 0 aromatic heterocycles. The Bertz CT molecular complexity index is 719. The van der Waals surface area contributed by atoms with Gasteiger partial charge in [-0.3, -0.25) is 0 Å². The molecule has 2 aromatic carbocycles. The molecule has 1 aliphatic carbocycles. The molecule has 1 unspecified atom stereocenters. The van der Waals surface area contributed by atoms with Crippen LogP contribution in [0.1, 0.15) is 22.7 Å². The monoisotopic (exact) mass is 262 g/mol. The van der Waals surface area contributed by atoms with Crippen LogP contribution in [0, 0.1) is 0 Å². The third kappa shape index (κ3) is 1.63. The van der Waals surface area contributed by atoms with Crippen LogP contribution in [0.3, 0.4) is 0 Å². The highest BCUT2D eigenvalue weighted by molar-refractivity contribution is 5.91. The topological polar surface area (TPSA) is 41.1 Å². The lowest BCUT2D eigenvalue weighted by atomic mass is 9.93. The minimum atomic E-state index is -0.120. The van der Waals surface area contributed by atoms with E-state index in [0.29, 0.717) is 0 Å². The molecule has 0 radical (unpaired) electrons. The lowest BCUT2D eigenvalue weighted by Crippen LogP contribution is -2.42. The quantitative estimate of drug-likeness (QED) is 0.815. The minimum Gasteiger partial charge on any atom is -0.327 e. The molecule has 2 aliphatic rings. The van der Waals surface area contributed by atoms with Crippen molar-refractivity contribution in [1.82, 2.24) is 10.6 Å². The van der Waals surface area contributed by atoms with Crippen molar-refractivity contribution in [2.75, 3.05) is 0 Å². The largest absolute Gasteiger partial charge is 0.327 e. The van der Waals surface area contributed by atoms with Crippen molar-refractivity contribution in [3.05, 3.63) is 77.0 Å². The summed E-state index contributed by atoms with van der Waals surface area (Å²) in [6.07, 6.45) is 0.808. The van der Waals surface area contributed by atoms with Crippen LogP contribution < -0.4 is 10.6 Å². The van der Waals surface area contributed by atoms with E-state index in [0.717, 1.165) is 17.7 Å². The van der Waals surface area contributed by atoms with Crippen LogP contribution in [0.25, 0.3) is 5.57 Å². The number of nitrogens with one attached hydrogen (secondary N) is 2. The van der Waals surface area contributed by atoms with Gasteiger partial charge >= 0.3 is 6.03 Å². The summed E-state index contributed by atoms with van der Waals surface area (Å²) in [7, 11) is 0. The summed E-state index contributed by atoms with van der Waals surface area (Å²) in [5.74, 6) is 0. The summed E-state index contributed by atoms with van der Waals surface area (Å²) in [5, 5.41) is 5.99. The van der Waals surface area contributed by atoms with Crippen molar-refractivity contribution in [2.24, 2.45) is 0 Å². The molecule has 3 heteroatoms. The van der Waals surface area contributed by atoms with Crippen molar-refractivity contribution < 1.29 is 4.79 Å². The lowest BCUT2D eigenvalue weighted by Gasteiger charge is -2.27. The van der Waals surface area contributed by atoms with Gasteiger partial charge in [-0.2, -0.15) is 0 Å². The smallest absolute Gasteiger partial charge is 0.319 e. The van der Waals surface area contributed by atoms with E-state index in [2.05, 4.69) is 34.9 Å². The maximum atomic E-state index is 11.9. The minimum absolute atomic E-state index is 0.0661. The summed E-state index contributed by atoms with van der Waals surface area (Å²) >= 11 is 0. The molecule has 0 saturated heterocycles. The second-order valence-corrected chi connectivity index (χ2v) is 5.17. The highest BCUT2D eigenvalue weighted by Crippen LogP contribution is 2.41. The van der Waals surface area contributed by atoms with Gasteiger partial charge in [0.1, 0.15) is 0 Å². The first-order valence-corrected chi connectivity index (χ1v) is 6.77. The SMILES string of the molecule is O=C1NC2=C(c3ccccc3C2)C(c2ccccc2)N1. The number of urea groups is 1. The summed E-state index contributed by atoms with van der Waals surface area (Å²) in [4.78, 5) is 11.9. The Labute approximate surface area is 117 Å². The molecule has 4 rings (SSSR count). The number of hydrogen-bond acceptors (Lipinski definition) is 1. The predicted molar refractivity (Wildman–Crippen MR) is 77.9 cm³/mol. The fraction of sp³-hybridized carbons (Fsp3) is 0.118. The Hall–Kier alpha value is -2.55. The molecular weight excluding hydrogens is 248 g/mol. The second kappa shape index (κ2) is 4.23. The van der Waals surface area contributed by atoms with Crippen molar-refractivity contribution >= 4 is 11.6 Å². The molecule has 2 amide bonds. The van der Waals surface area contributed by atoms with Gasteiger partial charge in [-0.05, 0) is 16.7 Å². The number of carbonyl (C=O) groups excluding carboxylic acids is 1. The summed E-state index contributed by atoms with van der Waals surface area (Å²) in [6, 6.07) is 18.3. The summed E-state index contributed by atoms with van der Waals surface area (Å²) < 4.78 is 0. The van der Waals surface area contributed by atoms with E-state index >= 15 is 0 Å². The maximum absolute atomic E-state index is 11.9. The Morgan fingerprint density at radius 1 is 0.950 bits per heavy atom. The first-order valence-electron chi connectivity index (χ1n) is 6.77.